The third kappa shape index (κ3) is 4.84. The fourth-order valence-corrected chi connectivity index (χ4v) is 5.06. The highest BCUT2D eigenvalue weighted by Gasteiger charge is 2.30. The van der Waals surface area contributed by atoms with E-state index in [-0.39, 0.29) is 17.9 Å². The molecule has 2 atom stereocenters. The fourth-order valence-electron chi connectivity index (χ4n) is 5.06. The Morgan fingerprint density at radius 2 is 1.78 bits per heavy atom. The predicted molar refractivity (Wildman–Crippen MR) is 147 cm³/mol. The molecule has 184 valence electrons. The molecule has 1 amide bonds. The molecule has 3 heterocycles. The average molecular weight is 489 g/mol. The number of nitrogens with zero attached hydrogens (tertiary/aromatic N) is 1. The van der Waals surface area contributed by atoms with E-state index in [2.05, 4.69) is 45.6 Å². The summed E-state index contributed by atoms with van der Waals surface area (Å²) in [6.07, 6.45) is 6.92. The fraction of sp³-hybridized carbons (Fsp3) is 0.161. The van der Waals surface area contributed by atoms with E-state index in [4.69, 9.17) is 10.5 Å². The number of pyridine rings is 1. The molecule has 0 saturated heterocycles. The zero-order chi connectivity index (χ0) is 25.2. The molecule has 3 aromatic carbocycles. The number of benzene rings is 3. The maximum atomic E-state index is 12.7. The van der Waals surface area contributed by atoms with Gasteiger partial charge in [-0.1, -0.05) is 54.6 Å². The van der Waals surface area contributed by atoms with Crippen LogP contribution in [0.15, 0.2) is 97.5 Å². The number of amides is 1. The minimum absolute atomic E-state index is 0.0374. The average Bonchev–Trinajstić information content (AvgIpc) is 3.48. The van der Waals surface area contributed by atoms with Crippen LogP contribution in [0, 0.1) is 0 Å². The lowest BCUT2D eigenvalue weighted by atomic mass is 9.91. The lowest BCUT2D eigenvalue weighted by Crippen LogP contribution is -2.30. The number of para-hydroxylation sites is 1. The van der Waals surface area contributed by atoms with Crippen LogP contribution in [0.4, 0.5) is 5.69 Å². The number of H-pyrrole nitrogens is 1. The summed E-state index contributed by atoms with van der Waals surface area (Å²) in [5, 5.41) is 4.22. The summed E-state index contributed by atoms with van der Waals surface area (Å²) < 4.78 is 6.04. The summed E-state index contributed by atoms with van der Waals surface area (Å²) in [6.45, 7) is 0.381. The Hall–Kier alpha value is -4.42. The molecule has 2 unspecified atom stereocenters. The van der Waals surface area contributed by atoms with E-state index < -0.39 is 0 Å². The highest BCUT2D eigenvalue weighted by atomic mass is 16.5. The number of carbonyl (C=O) groups excluding carboxylic acids is 1. The number of carbonyl (C=O) groups is 1. The first-order chi connectivity index (χ1) is 18.1. The third-order valence-corrected chi connectivity index (χ3v) is 6.95. The number of hydrogen-bond donors (Lipinski definition) is 3. The van der Waals surface area contributed by atoms with Crippen molar-refractivity contribution in [3.63, 3.8) is 0 Å². The Kier molecular flexibility index (Phi) is 6.16. The van der Waals surface area contributed by atoms with Crippen molar-refractivity contribution in [2.75, 3.05) is 11.9 Å². The summed E-state index contributed by atoms with van der Waals surface area (Å²) in [5.41, 5.74) is 13.7. The van der Waals surface area contributed by atoms with Crippen LogP contribution in [0.1, 0.15) is 22.6 Å². The van der Waals surface area contributed by atoms with E-state index in [9.17, 15) is 4.79 Å². The third-order valence-electron chi connectivity index (χ3n) is 6.95. The molecule has 6 heteroatoms. The first-order valence-electron chi connectivity index (χ1n) is 12.5. The molecule has 0 bridgehead atoms. The zero-order valence-corrected chi connectivity index (χ0v) is 20.4. The van der Waals surface area contributed by atoms with Gasteiger partial charge in [-0.3, -0.25) is 9.78 Å². The van der Waals surface area contributed by atoms with E-state index in [1.807, 2.05) is 60.9 Å². The lowest BCUT2D eigenvalue weighted by Gasteiger charge is -2.14. The van der Waals surface area contributed by atoms with Crippen LogP contribution in [0.3, 0.4) is 0 Å². The van der Waals surface area contributed by atoms with E-state index in [0.717, 1.165) is 33.5 Å². The van der Waals surface area contributed by atoms with E-state index in [0.29, 0.717) is 25.2 Å². The second-order valence-corrected chi connectivity index (χ2v) is 9.58. The van der Waals surface area contributed by atoms with Gasteiger partial charge in [0.15, 0.2) is 0 Å². The smallest absolute Gasteiger partial charge is 0.232 e. The van der Waals surface area contributed by atoms with Gasteiger partial charge in [0.05, 0.1) is 12.1 Å². The summed E-state index contributed by atoms with van der Waals surface area (Å²) in [5.74, 6) is 0.491. The highest BCUT2D eigenvalue weighted by molar-refractivity contribution is 6.03. The van der Waals surface area contributed by atoms with E-state index >= 15 is 0 Å². The van der Waals surface area contributed by atoms with Gasteiger partial charge in [-0.15, -0.1) is 0 Å². The molecule has 0 aliphatic carbocycles. The van der Waals surface area contributed by atoms with E-state index in [1.165, 1.54) is 10.9 Å². The Morgan fingerprint density at radius 1 is 0.946 bits per heavy atom. The van der Waals surface area contributed by atoms with Gasteiger partial charge in [-0.25, -0.2) is 0 Å². The van der Waals surface area contributed by atoms with Crippen molar-refractivity contribution in [2.45, 2.75) is 24.8 Å². The quantitative estimate of drug-likeness (QED) is 0.271. The first kappa shape index (κ1) is 23.0. The molecule has 2 aromatic heterocycles. The number of rotatable bonds is 8. The Morgan fingerprint density at radius 3 is 2.68 bits per heavy atom. The van der Waals surface area contributed by atoms with Crippen LogP contribution >= 0.6 is 0 Å². The maximum absolute atomic E-state index is 12.7. The van der Waals surface area contributed by atoms with Crippen molar-refractivity contribution in [3.8, 4) is 16.9 Å². The highest BCUT2D eigenvalue weighted by Crippen LogP contribution is 2.38. The van der Waals surface area contributed by atoms with Crippen molar-refractivity contribution in [2.24, 2.45) is 5.73 Å². The van der Waals surface area contributed by atoms with Crippen molar-refractivity contribution in [1.82, 2.24) is 9.97 Å². The molecule has 37 heavy (non-hydrogen) atoms. The number of anilines is 1. The van der Waals surface area contributed by atoms with Crippen molar-refractivity contribution in [1.29, 1.82) is 0 Å². The standard InChI is InChI=1S/C31H28N4O2/c32-24(13-23-17-34-29-9-5-4-8-26(23)29)19-37-25-14-22(16-33-18-25)21-10-11-30-27(15-21)28(31(36)35-30)12-20-6-2-1-3-7-20/h1-11,14-18,24,28,34H,12-13,19,32H2,(H,35,36). The van der Waals surface area contributed by atoms with Gasteiger partial charge in [0.2, 0.25) is 5.91 Å². The number of ether oxygens (including phenoxy) is 1. The van der Waals surface area contributed by atoms with Gasteiger partial charge in [-0.05, 0) is 59.4 Å². The Labute approximate surface area is 215 Å². The van der Waals surface area contributed by atoms with Crippen molar-refractivity contribution < 1.29 is 9.53 Å². The summed E-state index contributed by atoms with van der Waals surface area (Å²) >= 11 is 0. The van der Waals surface area contributed by atoms with Crippen molar-refractivity contribution in [3.05, 3.63) is 114 Å². The number of hydrogen-bond acceptors (Lipinski definition) is 4. The van der Waals surface area contributed by atoms with Crippen LogP contribution in [-0.2, 0) is 17.6 Å². The molecule has 0 saturated carbocycles. The minimum atomic E-state index is -0.216. The monoisotopic (exact) mass is 488 g/mol. The second kappa shape index (κ2) is 9.91. The number of aromatic nitrogens is 2. The first-order valence-corrected chi connectivity index (χ1v) is 12.5. The summed E-state index contributed by atoms with van der Waals surface area (Å²) in [6, 6.07) is 26.2. The molecular formula is C31H28N4O2. The number of nitrogens with two attached hydrogens (primary N) is 1. The molecule has 6 rings (SSSR count). The Balaban J connectivity index is 1.16. The molecule has 0 spiro atoms. The van der Waals surface area contributed by atoms with Crippen LogP contribution < -0.4 is 15.8 Å². The summed E-state index contributed by atoms with van der Waals surface area (Å²) in [4.78, 5) is 20.4. The van der Waals surface area contributed by atoms with Crippen LogP contribution in [0.2, 0.25) is 0 Å². The van der Waals surface area contributed by atoms with Crippen LogP contribution in [0.5, 0.6) is 5.75 Å². The van der Waals surface area contributed by atoms with Gasteiger partial charge < -0.3 is 20.8 Å². The molecule has 5 aromatic rings. The van der Waals surface area contributed by atoms with Crippen LogP contribution in [0.25, 0.3) is 22.0 Å². The van der Waals surface area contributed by atoms with E-state index in [1.54, 1.807) is 6.20 Å². The number of aromatic amines is 1. The second-order valence-electron chi connectivity index (χ2n) is 9.58. The summed E-state index contributed by atoms with van der Waals surface area (Å²) in [7, 11) is 0. The van der Waals surface area contributed by atoms with Gasteiger partial charge in [-0.2, -0.15) is 0 Å². The largest absolute Gasteiger partial charge is 0.490 e. The minimum Gasteiger partial charge on any atom is -0.490 e. The van der Waals surface area contributed by atoms with Crippen LogP contribution in [-0.4, -0.2) is 28.5 Å². The molecule has 6 nitrogen and oxygen atoms in total. The predicted octanol–water partition coefficient (Wildman–Crippen LogP) is 5.46. The van der Waals surface area contributed by atoms with Gasteiger partial charge in [0.25, 0.3) is 0 Å². The SMILES string of the molecule is NC(COc1cncc(-c2ccc3c(c2)C(Cc2ccccc2)C(=O)N3)c1)Cc1c[nH]c2ccccc12. The van der Waals surface area contributed by atoms with Gasteiger partial charge in [0, 0.05) is 40.6 Å². The molecule has 0 fully saturated rings. The normalized spacial score (nSPS) is 15.4. The van der Waals surface area contributed by atoms with Gasteiger partial charge >= 0.3 is 0 Å². The number of nitrogens with one attached hydrogen (secondary N) is 2. The molecular weight excluding hydrogens is 460 g/mol. The lowest BCUT2D eigenvalue weighted by molar-refractivity contribution is -0.117. The molecule has 1 aliphatic rings. The van der Waals surface area contributed by atoms with Crippen molar-refractivity contribution >= 4 is 22.5 Å². The number of fused-ring (bicyclic) bond motifs is 2. The molecule has 4 N–H and O–H groups in total. The molecule has 1 aliphatic heterocycles. The van der Waals surface area contributed by atoms with Gasteiger partial charge in [0.1, 0.15) is 12.4 Å². The molecule has 0 radical (unpaired) electrons. The zero-order valence-electron chi connectivity index (χ0n) is 20.4. The maximum Gasteiger partial charge on any atom is 0.232 e. The Bertz CT molecular complexity index is 1560. The topological polar surface area (TPSA) is 93.0 Å².